The largest absolute Gasteiger partial charge is 0.387 e. The van der Waals surface area contributed by atoms with Crippen LogP contribution in [0.1, 0.15) is 53.4 Å². The van der Waals surface area contributed by atoms with Gasteiger partial charge < -0.3 is 10.5 Å². The number of amidine groups is 1. The van der Waals surface area contributed by atoms with Crippen LogP contribution in [0.4, 0.5) is 0 Å². The van der Waals surface area contributed by atoms with E-state index in [1.165, 1.54) is 19.3 Å². The van der Waals surface area contributed by atoms with Gasteiger partial charge in [-0.1, -0.05) is 27.7 Å². The molecule has 3 N–H and O–H groups in total. The van der Waals surface area contributed by atoms with Crippen molar-refractivity contribution in [1.29, 1.82) is 5.41 Å². The van der Waals surface area contributed by atoms with Gasteiger partial charge in [0.1, 0.15) is 0 Å². The molecule has 0 aromatic rings. The summed E-state index contributed by atoms with van der Waals surface area (Å²) in [4.78, 5) is 0. The highest BCUT2D eigenvalue weighted by molar-refractivity contribution is 5.82. The molecule has 0 aromatic carbocycles. The van der Waals surface area contributed by atoms with Crippen LogP contribution >= 0.6 is 0 Å². The zero-order valence-corrected chi connectivity index (χ0v) is 11.8. The first-order valence-corrected chi connectivity index (χ1v) is 6.79. The Morgan fingerprint density at radius 2 is 1.94 bits per heavy atom. The van der Waals surface area contributed by atoms with E-state index in [4.69, 9.17) is 15.9 Å². The maximum atomic E-state index is 7.50. The van der Waals surface area contributed by atoms with Gasteiger partial charge in [0.05, 0.1) is 11.9 Å². The second-order valence-electron chi connectivity index (χ2n) is 6.31. The standard InChI is InChI=1S/C14H28N2O/c1-10-5-6-12(9-11(10)2)17-8-7-14(3,4)13(15)16/h10-12H,5-9H2,1-4H3,(H3,15,16). The lowest BCUT2D eigenvalue weighted by Crippen LogP contribution is -2.33. The van der Waals surface area contributed by atoms with Crippen molar-refractivity contribution in [3.05, 3.63) is 0 Å². The van der Waals surface area contributed by atoms with Gasteiger partial charge in [0.25, 0.3) is 0 Å². The molecule has 0 bridgehead atoms. The summed E-state index contributed by atoms with van der Waals surface area (Å²) in [6.45, 7) is 9.38. The predicted octanol–water partition coefficient (Wildman–Crippen LogP) is 3.18. The van der Waals surface area contributed by atoms with E-state index in [1.807, 2.05) is 13.8 Å². The van der Waals surface area contributed by atoms with Crippen molar-refractivity contribution in [3.8, 4) is 0 Å². The third-order valence-corrected chi connectivity index (χ3v) is 4.36. The molecular weight excluding hydrogens is 212 g/mol. The fraction of sp³-hybridized carbons (Fsp3) is 0.929. The Hall–Kier alpha value is -0.570. The van der Waals surface area contributed by atoms with E-state index in [2.05, 4.69) is 13.8 Å². The van der Waals surface area contributed by atoms with Gasteiger partial charge in [-0.2, -0.15) is 0 Å². The highest BCUT2D eigenvalue weighted by Crippen LogP contribution is 2.31. The molecule has 3 atom stereocenters. The van der Waals surface area contributed by atoms with E-state index in [0.29, 0.717) is 6.10 Å². The van der Waals surface area contributed by atoms with Crippen LogP contribution in [-0.4, -0.2) is 18.5 Å². The smallest absolute Gasteiger partial charge is 0.0963 e. The van der Waals surface area contributed by atoms with Crippen molar-refractivity contribution >= 4 is 5.84 Å². The Labute approximate surface area is 106 Å². The Balaban J connectivity index is 2.26. The van der Waals surface area contributed by atoms with Crippen LogP contribution in [0.3, 0.4) is 0 Å². The molecule has 1 saturated carbocycles. The normalized spacial score (nSPS) is 30.2. The second-order valence-corrected chi connectivity index (χ2v) is 6.31. The minimum Gasteiger partial charge on any atom is -0.387 e. The Bertz CT molecular complexity index is 263. The molecule has 0 aromatic heterocycles. The number of rotatable bonds is 5. The Morgan fingerprint density at radius 3 is 2.47 bits per heavy atom. The van der Waals surface area contributed by atoms with Crippen LogP contribution in [0.2, 0.25) is 0 Å². The van der Waals surface area contributed by atoms with Crippen LogP contribution in [0, 0.1) is 22.7 Å². The van der Waals surface area contributed by atoms with Crippen molar-refractivity contribution < 1.29 is 4.74 Å². The quantitative estimate of drug-likeness (QED) is 0.573. The highest BCUT2D eigenvalue weighted by Gasteiger charge is 2.26. The molecule has 1 fully saturated rings. The molecule has 0 spiro atoms. The monoisotopic (exact) mass is 240 g/mol. The van der Waals surface area contributed by atoms with E-state index in [9.17, 15) is 0 Å². The Morgan fingerprint density at radius 1 is 1.29 bits per heavy atom. The number of nitrogens with two attached hydrogens (primary N) is 1. The molecule has 1 aliphatic carbocycles. The molecule has 0 saturated heterocycles. The lowest BCUT2D eigenvalue weighted by atomic mass is 9.80. The van der Waals surface area contributed by atoms with Crippen LogP contribution in [0.15, 0.2) is 0 Å². The zero-order valence-electron chi connectivity index (χ0n) is 11.8. The highest BCUT2D eigenvalue weighted by atomic mass is 16.5. The van der Waals surface area contributed by atoms with Gasteiger partial charge in [-0.05, 0) is 37.5 Å². The SMILES string of the molecule is CC1CCC(OCCC(C)(C)C(=N)N)CC1C. The van der Waals surface area contributed by atoms with Crippen molar-refractivity contribution in [2.24, 2.45) is 23.0 Å². The summed E-state index contributed by atoms with van der Waals surface area (Å²) in [5.74, 6) is 1.87. The van der Waals surface area contributed by atoms with E-state index >= 15 is 0 Å². The molecule has 100 valence electrons. The van der Waals surface area contributed by atoms with Gasteiger partial charge >= 0.3 is 0 Å². The summed E-state index contributed by atoms with van der Waals surface area (Å²) in [5.41, 5.74) is 5.33. The number of ether oxygens (including phenoxy) is 1. The molecule has 0 radical (unpaired) electrons. The van der Waals surface area contributed by atoms with Gasteiger partial charge in [-0.3, -0.25) is 5.41 Å². The summed E-state index contributed by atoms with van der Waals surface area (Å²) in [5, 5.41) is 7.50. The van der Waals surface area contributed by atoms with Crippen LogP contribution < -0.4 is 5.73 Å². The minimum atomic E-state index is -0.229. The van der Waals surface area contributed by atoms with E-state index < -0.39 is 0 Å². The average Bonchev–Trinajstić information content (AvgIpc) is 2.23. The van der Waals surface area contributed by atoms with Gasteiger partial charge in [-0.15, -0.1) is 0 Å². The first-order chi connectivity index (χ1) is 7.83. The third-order valence-electron chi connectivity index (χ3n) is 4.36. The third kappa shape index (κ3) is 4.30. The lowest BCUT2D eigenvalue weighted by molar-refractivity contribution is -0.00424. The fourth-order valence-corrected chi connectivity index (χ4v) is 2.26. The van der Waals surface area contributed by atoms with Gasteiger partial charge in [0, 0.05) is 12.0 Å². The van der Waals surface area contributed by atoms with E-state index in [1.54, 1.807) is 0 Å². The fourth-order valence-electron chi connectivity index (χ4n) is 2.26. The van der Waals surface area contributed by atoms with Crippen molar-refractivity contribution in [2.45, 2.75) is 59.5 Å². The maximum Gasteiger partial charge on any atom is 0.0963 e. The lowest BCUT2D eigenvalue weighted by Gasteiger charge is -2.32. The molecule has 0 heterocycles. The van der Waals surface area contributed by atoms with E-state index in [-0.39, 0.29) is 11.3 Å². The Kier molecular flexibility index (Phi) is 4.99. The number of hydrogen-bond acceptors (Lipinski definition) is 2. The van der Waals surface area contributed by atoms with Crippen molar-refractivity contribution in [2.75, 3.05) is 6.61 Å². The summed E-state index contributed by atoms with van der Waals surface area (Å²) in [6.07, 6.45) is 4.90. The molecule has 17 heavy (non-hydrogen) atoms. The molecule has 1 aliphatic rings. The molecule has 3 nitrogen and oxygen atoms in total. The van der Waals surface area contributed by atoms with Gasteiger partial charge in [-0.25, -0.2) is 0 Å². The molecule has 3 unspecified atom stereocenters. The average molecular weight is 240 g/mol. The molecular formula is C14H28N2O. The van der Waals surface area contributed by atoms with E-state index in [0.717, 1.165) is 24.9 Å². The van der Waals surface area contributed by atoms with Crippen LogP contribution in [0.25, 0.3) is 0 Å². The molecule has 3 heteroatoms. The first-order valence-electron chi connectivity index (χ1n) is 6.79. The molecule has 0 amide bonds. The summed E-state index contributed by atoms with van der Waals surface area (Å²) < 4.78 is 5.94. The second kappa shape index (κ2) is 5.85. The van der Waals surface area contributed by atoms with Crippen LogP contribution in [-0.2, 0) is 4.74 Å². The predicted molar refractivity (Wildman–Crippen MR) is 72.2 cm³/mol. The van der Waals surface area contributed by atoms with Crippen molar-refractivity contribution in [3.63, 3.8) is 0 Å². The van der Waals surface area contributed by atoms with Gasteiger partial charge in [0.2, 0.25) is 0 Å². The topological polar surface area (TPSA) is 59.1 Å². The number of hydrogen-bond donors (Lipinski definition) is 2. The van der Waals surface area contributed by atoms with Crippen LogP contribution in [0.5, 0.6) is 0 Å². The summed E-state index contributed by atoms with van der Waals surface area (Å²) in [7, 11) is 0. The maximum absolute atomic E-state index is 7.50. The first kappa shape index (κ1) is 14.5. The minimum absolute atomic E-state index is 0.229. The molecule has 0 aliphatic heterocycles. The summed E-state index contributed by atoms with van der Waals surface area (Å²) in [6, 6.07) is 0. The molecule has 1 rings (SSSR count). The summed E-state index contributed by atoms with van der Waals surface area (Å²) >= 11 is 0. The van der Waals surface area contributed by atoms with Crippen molar-refractivity contribution in [1.82, 2.24) is 0 Å². The number of nitrogens with one attached hydrogen (secondary N) is 1. The van der Waals surface area contributed by atoms with Gasteiger partial charge in [0.15, 0.2) is 0 Å². The zero-order chi connectivity index (χ0) is 13.1.